The van der Waals surface area contributed by atoms with Crippen LogP contribution >= 0.6 is 12.6 Å². The average Bonchev–Trinajstić information content (AvgIpc) is 2.29. The third-order valence-corrected chi connectivity index (χ3v) is 3.45. The number of benzene rings is 1. The molecule has 0 aliphatic rings. The normalized spacial score (nSPS) is 10.4. The number of aryl methyl sites for hydroxylation is 1. The van der Waals surface area contributed by atoms with Crippen molar-refractivity contribution in [1.29, 1.82) is 0 Å². The Hall–Kier alpha value is -0.960. The Bertz CT molecular complexity index is 401. The van der Waals surface area contributed by atoms with Gasteiger partial charge >= 0.3 is 0 Å². The van der Waals surface area contributed by atoms with E-state index in [1.807, 2.05) is 0 Å². The van der Waals surface area contributed by atoms with E-state index in [9.17, 15) is 4.79 Å². The van der Waals surface area contributed by atoms with E-state index in [0.717, 1.165) is 6.42 Å². The summed E-state index contributed by atoms with van der Waals surface area (Å²) in [5, 5.41) is 2.91. The molecule has 0 atom stereocenters. The topological polar surface area (TPSA) is 29.1 Å². The van der Waals surface area contributed by atoms with Crippen molar-refractivity contribution in [3.8, 4) is 0 Å². The van der Waals surface area contributed by atoms with E-state index in [2.05, 4.69) is 50.8 Å². The van der Waals surface area contributed by atoms with Gasteiger partial charge in [0.2, 0.25) is 5.91 Å². The molecule has 0 saturated heterocycles. The second-order valence-corrected chi connectivity index (χ2v) is 4.81. The quantitative estimate of drug-likeness (QED) is 0.774. The van der Waals surface area contributed by atoms with E-state index in [1.54, 1.807) is 0 Å². The Kier molecular flexibility index (Phi) is 5.56. The fourth-order valence-electron chi connectivity index (χ4n) is 1.81. The maximum Gasteiger partial charge on any atom is 0.220 e. The van der Waals surface area contributed by atoms with Crippen molar-refractivity contribution in [2.24, 2.45) is 0 Å². The second-order valence-electron chi connectivity index (χ2n) is 4.37. The Morgan fingerprint density at radius 1 is 1.24 bits per heavy atom. The first-order valence-electron chi connectivity index (χ1n) is 5.99. The third-order valence-electron chi connectivity index (χ3n) is 3.23. The van der Waals surface area contributed by atoms with E-state index >= 15 is 0 Å². The minimum Gasteiger partial charge on any atom is -0.356 e. The van der Waals surface area contributed by atoms with Crippen LogP contribution in [0.3, 0.4) is 0 Å². The van der Waals surface area contributed by atoms with Gasteiger partial charge in [0.1, 0.15) is 0 Å². The molecule has 0 aromatic heterocycles. The van der Waals surface area contributed by atoms with Crippen LogP contribution in [-0.4, -0.2) is 18.2 Å². The highest BCUT2D eigenvalue weighted by Gasteiger charge is 2.04. The van der Waals surface area contributed by atoms with Crippen molar-refractivity contribution in [3.63, 3.8) is 0 Å². The van der Waals surface area contributed by atoms with Gasteiger partial charge in [-0.15, -0.1) is 0 Å². The van der Waals surface area contributed by atoms with Gasteiger partial charge in [-0.25, -0.2) is 0 Å². The smallest absolute Gasteiger partial charge is 0.220 e. The summed E-state index contributed by atoms with van der Waals surface area (Å²) < 4.78 is 0. The standard InChI is InChI=1S/C14H21NOS/c1-10-4-5-13(12(3)11(10)2)6-8-15-14(16)7-9-17/h4-5,17H,6-9H2,1-3H3,(H,15,16). The molecule has 3 heteroatoms. The van der Waals surface area contributed by atoms with E-state index < -0.39 is 0 Å². The highest BCUT2D eigenvalue weighted by molar-refractivity contribution is 7.80. The van der Waals surface area contributed by atoms with Crippen LogP contribution in [-0.2, 0) is 11.2 Å². The Balaban J connectivity index is 2.53. The molecule has 0 saturated carbocycles. The van der Waals surface area contributed by atoms with Gasteiger partial charge < -0.3 is 5.32 Å². The fourth-order valence-corrected chi connectivity index (χ4v) is 2.01. The molecule has 0 spiro atoms. The average molecular weight is 251 g/mol. The van der Waals surface area contributed by atoms with E-state index in [-0.39, 0.29) is 5.91 Å². The first-order valence-corrected chi connectivity index (χ1v) is 6.62. The molecule has 94 valence electrons. The maximum atomic E-state index is 11.3. The van der Waals surface area contributed by atoms with Crippen LogP contribution in [0.1, 0.15) is 28.7 Å². The summed E-state index contributed by atoms with van der Waals surface area (Å²) in [6.45, 7) is 7.12. The predicted molar refractivity (Wildman–Crippen MR) is 75.8 cm³/mol. The van der Waals surface area contributed by atoms with Crippen LogP contribution in [0.15, 0.2) is 12.1 Å². The summed E-state index contributed by atoms with van der Waals surface area (Å²) in [5.41, 5.74) is 5.34. The second kappa shape index (κ2) is 6.70. The van der Waals surface area contributed by atoms with Gasteiger partial charge in [-0.3, -0.25) is 4.79 Å². The summed E-state index contributed by atoms with van der Waals surface area (Å²) in [7, 11) is 0. The van der Waals surface area contributed by atoms with Gasteiger partial charge in [-0.05, 0) is 55.2 Å². The van der Waals surface area contributed by atoms with E-state index in [0.29, 0.717) is 18.7 Å². The van der Waals surface area contributed by atoms with Gasteiger partial charge in [0.15, 0.2) is 0 Å². The third kappa shape index (κ3) is 4.08. The molecular formula is C14H21NOS. The molecule has 0 bridgehead atoms. The minimum atomic E-state index is 0.0847. The minimum absolute atomic E-state index is 0.0847. The number of nitrogens with one attached hydrogen (secondary N) is 1. The molecule has 1 N–H and O–H groups in total. The number of hydrogen-bond donors (Lipinski definition) is 2. The molecule has 0 unspecified atom stereocenters. The van der Waals surface area contributed by atoms with Gasteiger partial charge in [0.25, 0.3) is 0 Å². The molecule has 0 radical (unpaired) electrons. The summed E-state index contributed by atoms with van der Waals surface area (Å²) in [4.78, 5) is 11.3. The molecule has 1 aromatic carbocycles. The van der Waals surface area contributed by atoms with Crippen LogP contribution in [0, 0.1) is 20.8 Å². The summed E-state index contributed by atoms with van der Waals surface area (Å²) in [5.74, 6) is 0.690. The fraction of sp³-hybridized carbons (Fsp3) is 0.500. The Labute approximate surface area is 109 Å². The molecule has 0 aliphatic heterocycles. The lowest BCUT2D eigenvalue weighted by Crippen LogP contribution is -2.25. The highest BCUT2D eigenvalue weighted by atomic mass is 32.1. The van der Waals surface area contributed by atoms with Crippen molar-refractivity contribution in [3.05, 3.63) is 34.4 Å². The Morgan fingerprint density at radius 3 is 2.59 bits per heavy atom. The van der Waals surface area contributed by atoms with Crippen LogP contribution in [0.4, 0.5) is 0 Å². The van der Waals surface area contributed by atoms with Gasteiger partial charge in [-0.2, -0.15) is 12.6 Å². The molecule has 2 nitrogen and oxygen atoms in total. The zero-order valence-corrected chi connectivity index (χ0v) is 11.7. The lowest BCUT2D eigenvalue weighted by Gasteiger charge is -2.11. The van der Waals surface area contributed by atoms with Crippen LogP contribution in [0.25, 0.3) is 0 Å². The van der Waals surface area contributed by atoms with Crippen molar-refractivity contribution >= 4 is 18.5 Å². The van der Waals surface area contributed by atoms with Gasteiger partial charge in [0.05, 0.1) is 0 Å². The first-order chi connectivity index (χ1) is 8.06. The zero-order chi connectivity index (χ0) is 12.8. The Morgan fingerprint density at radius 2 is 1.94 bits per heavy atom. The zero-order valence-electron chi connectivity index (χ0n) is 10.8. The number of rotatable bonds is 5. The predicted octanol–water partition coefficient (Wildman–Crippen LogP) is 2.59. The van der Waals surface area contributed by atoms with Gasteiger partial charge in [-0.1, -0.05) is 12.1 Å². The molecular weight excluding hydrogens is 230 g/mol. The largest absolute Gasteiger partial charge is 0.356 e. The summed E-state index contributed by atoms with van der Waals surface area (Å²) in [6.07, 6.45) is 1.39. The lowest BCUT2D eigenvalue weighted by atomic mass is 9.97. The number of hydrogen-bond acceptors (Lipinski definition) is 2. The van der Waals surface area contributed by atoms with Gasteiger partial charge in [0, 0.05) is 13.0 Å². The molecule has 1 rings (SSSR count). The van der Waals surface area contributed by atoms with E-state index in [1.165, 1.54) is 22.3 Å². The van der Waals surface area contributed by atoms with Crippen LogP contribution in [0.2, 0.25) is 0 Å². The van der Waals surface area contributed by atoms with Crippen molar-refractivity contribution < 1.29 is 4.79 Å². The molecule has 0 heterocycles. The SMILES string of the molecule is Cc1ccc(CCNC(=O)CCS)c(C)c1C. The molecule has 1 aromatic rings. The van der Waals surface area contributed by atoms with Crippen molar-refractivity contribution in [2.75, 3.05) is 12.3 Å². The number of carbonyl (C=O) groups is 1. The number of carbonyl (C=O) groups excluding carboxylic acids is 1. The molecule has 0 fully saturated rings. The highest BCUT2D eigenvalue weighted by Crippen LogP contribution is 2.17. The van der Waals surface area contributed by atoms with Crippen molar-refractivity contribution in [1.82, 2.24) is 5.32 Å². The molecule has 17 heavy (non-hydrogen) atoms. The van der Waals surface area contributed by atoms with Crippen LogP contribution < -0.4 is 5.32 Å². The first kappa shape index (κ1) is 14.1. The summed E-state index contributed by atoms with van der Waals surface area (Å²) >= 11 is 4.03. The van der Waals surface area contributed by atoms with Crippen molar-refractivity contribution in [2.45, 2.75) is 33.6 Å². The number of thiol groups is 1. The van der Waals surface area contributed by atoms with Crippen LogP contribution in [0.5, 0.6) is 0 Å². The maximum absolute atomic E-state index is 11.3. The molecule has 0 aliphatic carbocycles. The number of amides is 1. The summed E-state index contributed by atoms with van der Waals surface area (Å²) in [6, 6.07) is 4.30. The monoisotopic (exact) mass is 251 g/mol. The molecule has 1 amide bonds. The lowest BCUT2D eigenvalue weighted by molar-refractivity contribution is -0.120. The van der Waals surface area contributed by atoms with E-state index in [4.69, 9.17) is 0 Å².